The van der Waals surface area contributed by atoms with Gasteiger partial charge in [0.1, 0.15) is 0 Å². The van der Waals surface area contributed by atoms with Crippen LogP contribution in [0.2, 0.25) is 0 Å². The van der Waals surface area contributed by atoms with Gasteiger partial charge in [0.05, 0.1) is 0 Å². The van der Waals surface area contributed by atoms with Crippen LogP contribution in [-0.2, 0) is 0 Å². The predicted octanol–water partition coefficient (Wildman–Crippen LogP) is 5.23. The van der Waals surface area contributed by atoms with Crippen LogP contribution in [0.5, 0.6) is 0 Å². The van der Waals surface area contributed by atoms with Crippen molar-refractivity contribution in [1.29, 1.82) is 0 Å². The van der Waals surface area contributed by atoms with Crippen LogP contribution < -0.4 is 5.73 Å². The van der Waals surface area contributed by atoms with Crippen molar-refractivity contribution >= 4 is 27.7 Å². The number of thioether (sulfide) groups is 1. The van der Waals surface area contributed by atoms with E-state index >= 15 is 0 Å². The largest absolute Gasteiger partial charge is 0.327 e. The van der Waals surface area contributed by atoms with Crippen molar-refractivity contribution in [3.8, 4) is 0 Å². The molecule has 0 aliphatic heterocycles. The van der Waals surface area contributed by atoms with Gasteiger partial charge in [-0.25, -0.2) is 0 Å². The van der Waals surface area contributed by atoms with E-state index in [-0.39, 0.29) is 0 Å². The first-order valence-electron chi connectivity index (χ1n) is 6.86. The molecule has 0 amide bonds. The summed E-state index contributed by atoms with van der Waals surface area (Å²) in [4.78, 5) is 1.31. The van der Waals surface area contributed by atoms with Crippen molar-refractivity contribution in [2.45, 2.75) is 56.4 Å². The minimum Gasteiger partial charge on any atom is -0.327 e. The van der Waals surface area contributed by atoms with E-state index in [1.54, 1.807) is 0 Å². The van der Waals surface area contributed by atoms with Crippen molar-refractivity contribution in [2.24, 2.45) is 5.73 Å². The van der Waals surface area contributed by atoms with Gasteiger partial charge in [0, 0.05) is 21.2 Å². The van der Waals surface area contributed by atoms with Crippen LogP contribution in [0.4, 0.5) is 0 Å². The molecule has 0 saturated heterocycles. The second-order valence-electron chi connectivity index (χ2n) is 4.73. The Bertz CT molecular complexity index is 313. The van der Waals surface area contributed by atoms with Crippen molar-refractivity contribution in [1.82, 2.24) is 0 Å². The smallest absolute Gasteiger partial charge is 0.0176 e. The van der Waals surface area contributed by atoms with E-state index in [9.17, 15) is 0 Å². The lowest BCUT2D eigenvalue weighted by Gasteiger charge is -2.11. The maximum atomic E-state index is 6.14. The molecule has 0 aliphatic rings. The van der Waals surface area contributed by atoms with E-state index in [0.29, 0.717) is 6.04 Å². The van der Waals surface area contributed by atoms with Gasteiger partial charge in [-0.15, -0.1) is 11.8 Å². The van der Waals surface area contributed by atoms with Crippen molar-refractivity contribution in [3.63, 3.8) is 0 Å². The lowest BCUT2D eigenvalue weighted by molar-refractivity contribution is 0.567. The van der Waals surface area contributed by atoms with Gasteiger partial charge in [0.2, 0.25) is 0 Å². The molecule has 18 heavy (non-hydrogen) atoms. The number of hydrogen-bond acceptors (Lipinski definition) is 2. The number of rotatable bonds is 9. The molecule has 0 aromatic heterocycles. The van der Waals surface area contributed by atoms with E-state index in [2.05, 4.69) is 47.1 Å². The quantitative estimate of drug-likeness (QED) is 0.496. The molecule has 0 spiro atoms. The fourth-order valence-electron chi connectivity index (χ4n) is 1.83. The molecule has 0 radical (unpaired) electrons. The van der Waals surface area contributed by atoms with Crippen LogP contribution in [0, 0.1) is 0 Å². The molecule has 1 aromatic rings. The van der Waals surface area contributed by atoms with E-state index in [1.165, 1.54) is 37.0 Å². The summed E-state index contributed by atoms with van der Waals surface area (Å²) in [7, 11) is 0. The highest BCUT2D eigenvalue weighted by Crippen LogP contribution is 2.21. The Balaban J connectivity index is 2.09. The lowest BCUT2D eigenvalue weighted by Crippen LogP contribution is -2.22. The van der Waals surface area contributed by atoms with Crippen LogP contribution in [0.15, 0.2) is 33.6 Å². The van der Waals surface area contributed by atoms with Crippen LogP contribution in [-0.4, -0.2) is 11.8 Å². The van der Waals surface area contributed by atoms with Gasteiger partial charge in [-0.3, -0.25) is 0 Å². The molecule has 0 saturated carbocycles. The SMILES string of the molecule is CCCCCCCC(N)CSc1ccc(Br)cc1. The average molecular weight is 330 g/mol. The number of hydrogen-bond donors (Lipinski definition) is 1. The van der Waals surface area contributed by atoms with Crippen LogP contribution >= 0.6 is 27.7 Å². The Labute approximate surface area is 124 Å². The van der Waals surface area contributed by atoms with E-state index in [0.717, 1.165) is 16.6 Å². The van der Waals surface area contributed by atoms with Crippen molar-refractivity contribution < 1.29 is 0 Å². The van der Waals surface area contributed by atoms with Gasteiger partial charge in [0.25, 0.3) is 0 Å². The predicted molar refractivity (Wildman–Crippen MR) is 86.2 cm³/mol. The Morgan fingerprint density at radius 2 is 1.78 bits per heavy atom. The number of nitrogens with two attached hydrogens (primary N) is 1. The molecule has 102 valence electrons. The third-order valence-electron chi connectivity index (χ3n) is 2.96. The summed E-state index contributed by atoms with van der Waals surface area (Å²) < 4.78 is 1.13. The third-order valence-corrected chi connectivity index (χ3v) is 4.69. The highest BCUT2D eigenvalue weighted by atomic mass is 79.9. The molecule has 0 fully saturated rings. The van der Waals surface area contributed by atoms with Gasteiger partial charge in [-0.05, 0) is 30.7 Å². The molecule has 0 bridgehead atoms. The molecule has 2 N–H and O–H groups in total. The standard InChI is InChI=1S/C15H24BrNS/c1-2-3-4-5-6-7-14(17)12-18-15-10-8-13(16)9-11-15/h8-11,14H,2-7,12,17H2,1H3. The first kappa shape index (κ1) is 16.1. The molecule has 0 heterocycles. The maximum Gasteiger partial charge on any atom is 0.0176 e. The van der Waals surface area contributed by atoms with Gasteiger partial charge in [-0.1, -0.05) is 55.0 Å². The summed E-state index contributed by atoms with van der Waals surface area (Å²) in [5.41, 5.74) is 6.14. The van der Waals surface area contributed by atoms with Gasteiger partial charge < -0.3 is 5.73 Å². The zero-order valence-electron chi connectivity index (χ0n) is 11.2. The lowest BCUT2D eigenvalue weighted by atomic mass is 10.1. The second-order valence-corrected chi connectivity index (χ2v) is 6.74. The van der Waals surface area contributed by atoms with E-state index < -0.39 is 0 Å². The topological polar surface area (TPSA) is 26.0 Å². The van der Waals surface area contributed by atoms with Gasteiger partial charge in [0.15, 0.2) is 0 Å². The maximum absolute atomic E-state index is 6.14. The number of unbranched alkanes of at least 4 members (excludes halogenated alkanes) is 4. The summed E-state index contributed by atoms with van der Waals surface area (Å²) in [6, 6.07) is 8.78. The second kappa shape index (κ2) is 9.88. The summed E-state index contributed by atoms with van der Waals surface area (Å²) >= 11 is 5.31. The molecule has 0 aliphatic carbocycles. The molecule has 3 heteroatoms. The summed E-state index contributed by atoms with van der Waals surface area (Å²) in [5, 5.41) is 0. The fraction of sp³-hybridized carbons (Fsp3) is 0.600. The Hall–Kier alpha value is 0.01000. The molecule has 1 atom stereocenters. The molecule has 1 nitrogen and oxygen atoms in total. The zero-order valence-corrected chi connectivity index (χ0v) is 13.6. The molecule has 1 aromatic carbocycles. The summed E-state index contributed by atoms with van der Waals surface area (Å²) in [5.74, 6) is 1.02. The van der Waals surface area contributed by atoms with E-state index in [4.69, 9.17) is 5.73 Å². The third kappa shape index (κ3) is 7.45. The van der Waals surface area contributed by atoms with Crippen LogP contribution in [0.1, 0.15) is 45.4 Å². The number of benzene rings is 1. The van der Waals surface area contributed by atoms with E-state index in [1.807, 2.05) is 11.8 Å². The zero-order chi connectivity index (χ0) is 13.2. The minimum atomic E-state index is 0.334. The summed E-state index contributed by atoms with van der Waals surface area (Å²) in [6.45, 7) is 2.25. The van der Waals surface area contributed by atoms with Crippen LogP contribution in [0.3, 0.4) is 0 Å². The average Bonchev–Trinajstić information content (AvgIpc) is 2.38. The van der Waals surface area contributed by atoms with Gasteiger partial charge in [-0.2, -0.15) is 0 Å². The summed E-state index contributed by atoms with van der Waals surface area (Å²) in [6.07, 6.45) is 7.82. The van der Waals surface area contributed by atoms with Crippen molar-refractivity contribution in [3.05, 3.63) is 28.7 Å². The Morgan fingerprint density at radius 1 is 1.11 bits per heavy atom. The molecule has 1 rings (SSSR count). The minimum absolute atomic E-state index is 0.334. The Kier molecular flexibility index (Phi) is 8.82. The first-order valence-corrected chi connectivity index (χ1v) is 8.64. The number of halogens is 1. The monoisotopic (exact) mass is 329 g/mol. The van der Waals surface area contributed by atoms with Crippen LogP contribution in [0.25, 0.3) is 0 Å². The Morgan fingerprint density at radius 3 is 2.44 bits per heavy atom. The molecular weight excluding hydrogens is 306 g/mol. The first-order chi connectivity index (χ1) is 8.72. The van der Waals surface area contributed by atoms with Gasteiger partial charge >= 0.3 is 0 Å². The molecular formula is C15H24BrNS. The molecule has 1 unspecified atom stereocenters. The normalized spacial score (nSPS) is 12.6. The highest BCUT2D eigenvalue weighted by Gasteiger charge is 2.03. The van der Waals surface area contributed by atoms with Crippen molar-refractivity contribution in [2.75, 3.05) is 5.75 Å². The highest BCUT2D eigenvalue weighted by molar-refractivity contribution is 9.10. The fourth-order valence-corrected chi connectivity index (χ4v) is 2.99.